The third-order valence-corrected chi connectivity index (χ3v) is 5.70. The number of rotatable bonds is 5. The highest BCUT2D eigenvalue weighted by molar-refractivity contribution is 6.35. The molecule has 0 spiro atoms. The van der Waals surface area contributed by atoms with E-state index in [-0.39, 0.29) is 11.8 Å². The van der Waals surface area contributed by atoms with Gasteiger partial charge in [-0.05, 0) is 37.5 Å². The Hall–Kier alpha value is -2.12. The molecule has 2 amide bonds. The molecule has 2 aromatic rings. The first-order valence-corrected chi connectivity index (χ1v) is 10.2. The minimum absolute atomic E-state index is 0.139. The number of nitrogens with zero attached hydrogens (tertiary/aromatic N) is 4. The molecule has 0 aliphatic carbocycles. The van der Waals surface area contributed by atoms with Gasteiger partial charge in [0, 0.05) is 48.1 Å². The van der Waals surface area contributed by atoms with E-state index in [1.807, 2.05) is 0 Å². The smallest absolute Gasteiger partial charge is 0.254 e. The van der Waals surface area contributed by atoms with Crippen LogP contribution >= 0.6 is 23.2 Å². The van der Waals surface area contributed by atoms with Crippen molar-refractivity contribution in [3.8, 4) is 0 Å². The molecule has 4 rings (SSSR count). The number of hydrogen-bond acceptors (Lipinski definition) is 4. The van der Waals surface area contributed by atoms with Crippen molar-refractivity contribution in [1.29, 1.82) is 0 Å². The number of aryl methyl sites for hydroxylation is 1. The molecule has 1 aromatic heterocycles. The van der Waals surface area contributed by atoms with Gasteiger partial charge in [-0.1, -0.05) is 23.2 Å². The first kappa shape index (κ1) is 19.2. The number of nitrogens with one attached hydrogen (secondary N) is 1. The van der Waals surface area contributed by atoms with E-state index in [0.29, 0.717) is 41.5 Å². The predicted octanol–water partition coefficient (Wildman–Crippen LogP) is 2.49. The number of halogens is 2. The van der Waals surface area contributed by atoms with Gasteiger partial charge in [0.1, 0.15) is 17.7 Å². The Morgan fingerprint density at radius 1 is 1.11 bits per heavy atom. The van der Waals surface area contributed by atoms with Crippen molar-refractivity contribution in [3.05, 3.63) is 45.5 Å². The Balaban J connectivity index is 1.37. The van der Waals surface area contributed by atoms with E-state index in [9.17, 15) is 9.59 Å². The molecule has 7 nitrogen and oxygen atoms in total. The number of carbonyl (C=O) groups excluding carboxylic acids is 2. The Labute approximate surface area is 173 Å². The number of carbonyl (C=O) groups is 2. The maximum Gasteiger partial charge on any atom is 0.254 e. The van der Waals surface area contributed by atoms with Crippen LogP contribution in [0.1, 0.15) is 41.3 Å². The molecule has 148 valence electrons. The fourth-order valence-electron chi connectivity index (χ4n) is 3.94. The molecule has 3 heterocycles. The Morgan fingerprint density at radius 2 is 1.89 bits per heavy atom. The summed E-state index contributed by atoms with van der Waals surface area (Å²) in [7, 11) is 0. The van der Waals surface area contributed by atoms with Crippen LogP contribution in [0, 0.1) is 0 Å². The molecule has 0 bridgehead atoms. The fourth-order valence-corrected chi connectivity index (χ4v) is 4.46. The highest BCUT2D eigenvalue weighted by atomic mass is 35.5. The number of aromatic nitrogens is 3. The van der Waals surface area contributed by atoms with Crippen molar-refractivity contribution in [1.82, 2.24) is 25.0 Å². The van der Waals surface area contributed by atoms with Gasteiger partial charge < -0.3 is 14.8 Å². The van der Waals surface area contributed by atoms with Crippen molar-refractivity contribution < 1.29 is 9.59 Å². The second-order valence-electron chi connectivity index (χ2n) is 7.14. The molecule has 1 fully saturated rings. The summed E-state index contributed by atoms with van der Waals surface area (Å²) < 4.78 is 2.13. The maximum atomic E-state index is 12.9. The summed E-state index contributed by atoms with van der Waals surface area (Å²) >= 11 is 12.0. The van der Waals surface area contributed by atoms with E-state index in [2.05, 4.69) is 20.1 Å². The van der Waals surface area contributed by atoms with E-state index in [4.69, 9.17) is 23.2 Å². The minimum Gasteiger partial charge on any atom is -0.354 e. The lowest BCUT2D eigenvalue weighted by Crippen LogP contribution is -2.46. The Morgan fingerprint density at radius 3 is 2.68 bits per heavy atom. The molecule has 0 saturated carbocycles. The van der Waals surface area contributed by atoms with Crippen LogP contribution in [0.25, 0.3) is 0 Å². The van der Waals surface area contributed by atoms with Gasteiger partial charge in [0.25, 0.3) is 5.91 Å². The first-order chi connectivity index (χ1) is 13.5. The summed E-state index contributed by atoms with van der Waals surface area (Å²) in [6.07, 6.45) is 4.12. The first-order valence-electron chi connectivity index (χ1n) is 9.48. The number of fused-ring (bicyclic) bond motifs is 1. The van der Waals surface area contributed by atoms with Crippen LogP contribution in [0.5, 0.6) is 0 Å². The van der Waals surface area contributed by atoms with E-state index in [1.165, 1.54) is 0 Å². The van der Waals surface area contributed by atoms with Gasteiger partial charge in [0.15, 0.2) is 0 Å². The van der Waals surface area contributed by atoms with E-state index in [0.717, 1.165) is 37.5 Å². The summed E-state index contributed by atoms with van der Waals surface area (Å²) in [6.45, 7) is 1.95. The van der Waals surface area contributed by atoms with E-state index < -0.39 is 6.04 Å². The third kappa shape index (κ3) is 3.86. The van der Waals surface area contributed by atoms with Crippen LogP contribution in [0.4, 0.5) is 0 Å². The molecular weight excluding hydrogens is 401 g/mol. The van der Waals surface area contributed by atoms with Crippen molar-refractivity contribution in [3.63, 3.8) is 0 Å². The van der Waals surface area contributed by atoms with Crippen LogP contribution in [-0.4, -0.2) is 50.6 Å². The molecule has 9 heteroatoms. The standard InChI is InChI=1S/C19H21Cl2N5O2/c20-13-9-12(10-14(21)11-13)19(28)25-7-1-3-15(25)18(27)22-6-5-17-24-23-16-4-2-8-26(16)17/h9-11,15H,1-8H2,(H,22,27)/t15-/m1/s1. The largest absolute Gasteiger partial charge is 0.354 e. The molecular formula is C19H21Cl2N5O2. The van der Waals surface area contributed by atoms with Crippen molar-refractivity contribution in [2.75, 3.05) is 13.1 Å². The van der Waals surface area contributed by atoms with Gasteiger partial charge >= 0.3 is 0 Å². The van der Waals surface area contributed by atoms with Crippen molar-refractivity contribution >= 4 is 35.0 Å². The van der Waals surface area contributed by atoms with Crippen LogP contribution in [0.3, 0.4) is 0 Å². The summed E-state index contributed by atoms with van der Waals surface area (Å²) in [4.78, 5) is 27.2. The number of hydrogen-bond donors (Lipinski definition) is 1. The molecule has 2 aliphatic rings. The molecule has 1 atom stereocenters. The molecule has 1 N–H and O–H groups in total. The van der Waals surface area contributed by atoms with Gasteiger partial charge in [-0.3, -0.25) is 9.59 Å². The fraction of sp³-hybridized carbons (Fsp3) is 0.474. The summed E-state index contributed by atoms with van der Waals surface area (Å²) in [5, 5.41) is 12.1. The van der Waals surface area contributed by atoms with Crippen LogP contribution < -0.4 is 5.32 Å². The quantitative estimate of drug-likeness (QED) is 0.803. The number of benzene rings is 1. The normalized spacial score (nSPS) is 18.4. The van der Waals surface area contributed by atoms with E-state index in [1.54, 1.807) is 23.1 Å². The highest BCUT2D eigenvalue weighted by Gasteiger charge is 2.34. The Bertz CT molecular complexity index is 893. The third-order valence-electron chi connectivity index (χ3n) is 5.26. The van der Waals surface area contributed by atoms with Gasteiger partial charge in [0.2, 0.25) is 5.91 Å². The number of likely N-dealkylation sites (tertiary alicyclic amines) is 1. The molecule has 28 heavy (non-hydrogen) atoms. The summed E-state index contributed by atoms with van der Waals surface area (Å²) in [6, 6.07) is 4.26. The zero-order chi connectivity index (χ0) is 19.7. The van der Waals surface area contributed by atoms with Crippen LogP contribution in [-0.2, 0) is 24.2 Å². The Kier molecular flexibility index (Phi) is 5.55. The SMILES string of the molecule is O=C(NCCc1nnc2n1CCC2)[C@H]1CCCN1C(=O)c1cc(Cl)cc(Cl)c1. The van der Waals surface area contributed by atoms with Gasteiger partial charge in [0.05, 0.1) is 0 Å². The maximum absolute atomic E-state index is 12.9. The lowest BCUT2D eigenvalue weighted by atomic mass is 10.1. The van der Waals surface area contributed by atoms with Gasteiger partial charge in [-0.2, -0.15) is 0 Å². The number of amides is 2. The highest BCUT2D eigenvalue weighted by Crippen LogP contribution is 2.24. The van der Waals surface area contributed by atoms with Gasteiger partial charge in [-0.25, -0.2) is 0 Å². The molecule has 1 aromatic carbocycles. The average molecular weight is 422 g/mol. The zero-order valence-electron chi connectivity index (χ0n) is 15.3. The second kappa shape index (κ2) is 8.09. The summed E-state index contributed by atoms with van der Waals surface area (Å²) in [5.74, 6) is 1.56. The van der Waals surface area contributed by atoms with Gasteiger partial charge in [-0.15, -0.1) is 10.2 Å². The molecule has 0 radical (unpaired) electrons. The van der Waals surface area contributed by atoms with Crippen LogP contribution in [0.2, 0.25) is 10.0 Å². The lowest BCUT2D eigenvalue weighted by Gasteiger charge is -2.24. The lowest BCUT2D eigenvalue weighted by molar-refractivity contribution is -0.124. The average Bonchev–Trinajstić information content (AvgIpc) is 3.38. The topological polar surface area (TPSA) is 80.1 Å². The molecule has 2 aliphatic heterocycles. The predicted molar refractivity (Wildman–Crippen MR) is 106 cm³/mol. The molecule has 0 unspecified atom stereocenters. The zero-order valence-corrected chi connectivity index (χ0v) is 16.8. The van der Waals surface area contributed by atoms with Crippen LogP contribution in [0.15, 0.2) is 18.2 Å². The second-order valence-corrected chi connectivity index (χ2v) is 8.02. The van der Waals surface area contributed by atoms with E-state index >= 15 is 0 Å². The minimum atomic E-state index is -0.477. The monoisotopic (exact) mass is 421 g/mol. The summed E-state index contributed by atoms with van der Waals surface area (Å²) in [5.41, 5.74) is 0.399. The van der Waals surface area contributed by atoms with Crippen molar-refractivity contribution in [2.24, 2.45) is 0 Å². The molecule has 1 saturated heterocycles. The van der Waals surface area contributed by atoms with Crippen molar-refractivity contribution in [2.45, 2.75) is 44.7 Å².